The number of carbonyl (C=O) groups excluding carboxylic acids is 3. The predicted octanol–water partition coefficient (Wildman–Crippen LogP) is 6.25. The molecule has 10 nitrogen and oxygen atoms in total. The van der Waals surface area contributed by atoms with Gasteiger partial charge in [-0.15, -0.1) is 0 Å². The highest BCUT2D eigenvalue weighted by molar-refractivity contribution is 5.95. The van der Waals surface area contributed by atoms with Crippen LogP contribution in [0.5, 0.6) is 0 Å². The fraction of sp³-hybridized carbons (Fsp3) is 0.278. The van der Waals surface area contributed by atoms with Crippen molar-refractivity contribution in [2.24, 2.45) is 0 Å². The Bertz CT molecular complexity index is 1750. The summed E-state index contributed by atoms with van der Waals surface area (Å²) in [6, 6.07) is 23.6. The Morgan fingerprint density at radius 1 is 0.848 bits per heavy atom. The lowest BCUT2D eigenvalue weighted by Crippen LogP contribution is -2.29. The number of amides is 1. The number of aromatic nitrogens is 4. The molecule has 3 heterocycles. The summed E-state index contributed by atoms with van der Waals surface area (Å²) >= 11 is 0. The van der Waals surface area contributed by atoms with Crippen LogP contribution in [0.2, 0.25) is 0 Å². The number of nitrogens with one attached hydrogen (secondary N) is 1. The first-order valence-electron chi connectivity index (χ1n) is 15.5. The summed E-state index contributed by atoms with van der Waals surface area (Å²) in [7, 11) is 1.32. The van der Waals surface area contributed by atoms with Crippen LogP contribution in [0.3, 0.4) is 0 Å². The van der Waals surface area contributed by atoms with Gasteiger partial charge in [0.25, 0.3) is 0 Å². The van der Waals surface area contributed by atoms with Crippen molar-refractivity contribution in [2.75, 3.05) is 19.0 Å². The number of nitrogens with zero attached hydrogens (tertiary/aromatic N) is 4. The third-order valence-corrected chi connectivity index (χ3v) is 7.75. The lowest BCUT2D eigenvalue weighted by atomic mass is 10.0. The topological polar surface area (TPSA) is 109 Å². The van der Waals surface area contributed by atoms with Crippen LogP contribution in [0.1, 0.15) is 70.7 Å². The van der Waals surface area contributed by atoms with Crippen molar-refractivity contribution in [1.29, 1.82) is 0 Å². The van der Waals surface area contributed by atoms with E-state index >= 15 is 0 Å². The number of unbranched alkanes of at least 4 members (excludes halogenated alkanes) is 1. The maximum Gasteiger partial charge on any atom is 0.358 e. The summed E-state index contributed by atoms with van der Waals surface area (Å²) in [6.07, 6.45) is 8.46. The molecule has 2 aromatic carbocycles. The maximum atomic E-state index is 13.7. The fourth-order valence-corrected chi connectivity index (χ4v) is 5.44. The van der Waals surface area contributed by atoms with Gasteiger partial charge >= 0.3 is 11.9 Å². The number of ether oxygens (including phenoxy) is 2. The number of hydrogen-bond donors (Lipinski definition) is 1. The van der Waals surface area contributed by atoms with Crippen LogP contribution in [0, 0.1) is 0 Å². The number of esters is 2. The first kappa shape index (κ1) is 32.0. The van der Waals surface area contributed by atoms with Crippen LogP contribution in [-0.2, 0) is 33.7 Å². The zero-order valence-electron chi connectivity index (χ0n) is 26.4. The van der Waals surface area contributed by atoms with E-state index in [1.165, 1.54) is 7.11 Å². The summed E-state index contributed by atoms with van der Waals surface area (Å²) in [4.78, 5) is 44.3. The smallest absolute Gasteiger partial charge is 0.358 e. The lowest BCUT2D eigenvalue weighted by Gasteiger charge is -2.21. The molecule has 1 amide bonds. The van der Waals surface area contributed by atoms with E-state index in [4.69, 9.17) is 14.5 Å². The van der Waals surface area contributed by atoms with E-state index in [2.05, 4.69) is 12.2 Å². The van der Waals surface area contributed by atoms with E-state index in [9.17, 15) is 14.4 Å². The normalized spacial score (nSPS) is 11.6. The Hall–Kier alpha value is -5.38. The number of aryl methyl sites for hydroxylation is 1. The summed E-state index contributed by atoms with van der Waals surface area (Å²) < 4.78 is 15.8. The van der Waals surface area contributed by atoms with Crippen molar-refractivity contribution in [3.63, 3.8) is 0 Å². The molecule has 46 heavy (non-hydrogen) atoms. The SMILES string of the molecule is CCCCc1nc(-n2cccc2)c(C(=O)OCC)n1Cc1ccc(NC(=O)[C@H](Cc2ccccc2)n2cccc2C(=O)OC)cc1. The second kappa shape index (κ2) is 15.1. The standard InChI is InChI=1S/C36H39N5O5/c1-4-6-16-31-38-33(39-21-10-11-22-39)32(36(44)46-5-2)41(31)25-27-17-19-28(20-18-27)37-34(42)30(24-26-13-8-7-9-14-26)40-23-12-15-29(40)35(43)45-3/h7-15,17-23,30H,4-6,16,24-25H2,1-3H3,(H,37,42)/t30-/m0/s1. The largest absolute Gasteiger partial charge is 0.464 e. The second-order valence-electron chi connectivity index (χ2n) is 10.9. The van der Waals surface area contributed by atoms with Gasteiger partial charge < -0.3 is 28.5 Å². The van der Waals surface area contributed by atoms with Gasteiger partial charge in [-0.05, 0) is 60.9 Å². The molecule has 0 fully saturated rings. The van der Waals surface area contributed by atoms with Crippen molar-refractivity contribution in [1.82, 2.24) is 18.7 Å². The van der Waals surface area contributed by atoms with E-state index in [0.717, 1.165) is 29.8 Å². The Kier molecular flexibility index (Phi) is 10.5. The zero-order valence-corrected chi connectivity index (χ0v) is 26.4. The molecule has 0 unspecified atom stereocenters. The highest BCUT2D eigenvalue weighted by Crippen LogP contribution is 2.24. The number of hydrogen-bond acceptors (Lipinski definition) is 6. The molecule has 0 bridgehead atoms. The van der Waals surface area contributed by atoms with Crippen molar-refractivity contribution in [3.05, 3.63) is 126 Å². The van der Waals surface area contributed by atoms with Crippen LogP contribution >= 0.6 is 0 Å². The second-order valence-corrected chi connectivity index (χ2v) is 10.9. The Labute approximate surface area is 268 Å². The van der Waals surface area contributed by atoms with Crippen LogP contribution in [0.15, 0.2) is 97.5 Å². The monoisotopic (exact) mass is 621 g/mol. The molecule has 0 spiro atoms. The highest BCUT2D eigenvalue weighted by Gasteiger charge is 2.27. The van der Waals surface area contributed by atoms with Crippen molar-refractivity contribution in [2.45, 2.75) is 52.1 Å². The summed E-state index contributed by atoms with van der Waals surface area (Å²) in [5.74, 6) is 0.142. The number of anilines is 1. The first-order chi connectivity index (χ1) is 22.4. The molecule has 0 aliphatic rings. The highest BCUT2D eigenvalue weighted by atomic mass is 16.5. The number of methoxy groups -OCH3 is 1. The van der Waals surface area contributed by atoms with Gasteiger partial charge in [-0.25, -0.2) is 14.6 Å². The van der Waals surface area contributed by atoms with Crippen molar-refractivity contribution in [3.8, 4) is 5.82 Å². The molecule has 5 rings (SSSR count). The van der Waals surface area contributed by atoms with Gasteiger partial charge in [-0.1, -0.05) is 55.8 Å². The van der Waals surface area contributed by atoms with E-state index in [-0.39, 0.29) is 12.5 Å². The third kappa shape index (κ3) is 7.28. The minimum atomic E-state index is -0.697. The Morgan fingerprint density at radius 3 is 2.26 bits per heavy atom. The summed E-state index contributed by atoms with van der Waals surface area (Å²) in [6.45, 7) is 4.56. The van der Waals surface area contributed by atoms with Gasteiger partial charge in [0.05, 0.1) is 13.7 Å². The Balaban J connectivity index is 1.41. The average molecular weight is 622 g/mol. The van der Waals surface area contributed by atoms with Gasteiger partial charge in [-0.3, -0.25) is 4.79 Å². The maximum absolute atomic E-state index is 13.7. The molecule has 0 saturated carbocycles. The van der Waals surface area contributed by atoms with Gasteiger partial charge in [-0.2, -0.15) is 0 Å². The Morgan fingerprint density at radius 2 is 1.59 bits per heavy atom. The number of rotatable bonds is 14. The fourth-order valence-electron chi connectivity index (χ4n) is 5.44. The predicted molar refractivity (Wildman–Crippen MR) is 175 cm³/mol. The molecule has 1 N–H and O–H groups in total. The molecule has 5 aromatic rings. The quantitative estimate of drug-likeness (QED) is 0.147. The van der Waals surface area contributed by atoms with Crippen molar-refractivity contribution < 1.29 is 23.9 Å². The molecular weight excluding hydrogens is 582 g/mol. The molecule has 0 radical (unpaired) electrons. The molecule has 1 atom stereocenters. The molecular formula is C36H39N5O5. The minimum absolute atomic E-state index is 0.253. The van der Waals surface area contributed by atoms with Crippen LogP contribution in [-0.4, -0.2) is 50.2 Å². The molecule has 3 aromatic heterocycles. The molecule has 238 valence electrons. The van der Waals surface area contributed by atoms with Crippen LogP contribution < -0.4 is 5.32 Å². The molecule has 0 aliphatic carbocycles. The van der Waals surface area contributed by atoms with Gasteiger partial charge in [0.2, 0.25) is 5.91 Å². The average Bonchev–Trinajstić information content (AvgIpc) is 3.85. The van der Waals surface area contributed by atoms with Crippen molar-refractivity contribution >= 4 is 23.5 Å². The molecule has 0 aliphatic heterocycles. The zero-order chi connectivity index (χ0) is 32.5. The number of imidazole rings is 1. The lowest BCUT2D eigenvalue weighted by molar-refractivity contribution is -0.119. The minimum Gasteiger partial charge on any atom is -0.464 e. The van der Waals surface area contributed by atoms with Crippen LogP contribution in [0.25, 0.3) is 5.82 Å². The summed E-state index contributed by atoms with van der Waals surface area (Å²) in [5.41, 5.74) is 3.19. The third-order valence-electron chi connectivity index (χ3n) is 7.75. The van der Waals surface area contributed by atoms with Gasteiger partial charge in [0, 0.05) is 43.7 Å². The van der Waals surface area contributed by atoms with E-state index < -0.39 is 18.0 Å². The summed E-state index contributed by atoms with van der Waals surface area (Å²) in [5, 5.41) is 3.03. The van der Waals surface area contributed by atoms with E-state index in [1.54, 1.807) is 29.8 Å². The number of carbonyl (C=O) groups is 3. The van der Waals surface area contributed by atoms with Gasteiger partial charge in [0.1, 0.15) is 17.6 Å². The van der Waals surface area contributed by atoms with Gasteiger partial charge in [0.15, 0.2) is 11.5 Å². The van der Waals surface area contributed by atoms with E-state index in [0.29, 0.717) is 42.3 Å². The number of benzene rings is 2. The first-order valence-corrected chi connectivity index (χ1v) is 15.5. The van der Waals surface area contributed by atoms with Crippen LogP contribution in [0.4, 0.5) is 5.69 Å². The molecule has 0 saturated heterocycles. The molecule has 10 heteroatoms. The van der Waals surface area contributed by atoms with E-state index in [1.807, 2.05) is 88.3 Å².